The molecule has 0 saturated heterocycles. The molecule has 1 aliphatic rings. The molecule has 0 aromatic carbocycles. The second-order valence-corrected chi connectivity index (χ2v) is 5.61. The molecule has 1 rings (SSSR count). The summed E-state index contributed by atoms with van der Waals surface area (Å²) < 4.78 is 0. The third-order valence-corrected chi connectivity index (χ3v) is 3.68. The van der Waals surface area contributed by atoms with Crippen LogP contribution in [0, 0.1) is 17.8 Å². The molecule has 1 aliphatic carbocycles. The Balaban J connectivity index is 2.70. The van der Waals surface area contributed by atoms with E-state index in [4.69, 9.17) is 5.11 Å². The summed E-state index contributed by atoms with van der Waals surface area (Å²) >= 11 is 0. The van der Waals surface area contributed by atoms with Crippen LogP contribution in [-0.4, -0.2) is 60.4 Å². The number of likely N-dealkylation sites (N-methyl/N-ethyl adjacent to an activating group) is 2. The van der Waals surface area contributed by atoms with Crippen LogP contribution in [0.1, 0.15) is 19.8 Å². The van der Waals surface area contributed by atoms with Crippen molar-refractivity contribution in [3.63, 3.8) is 0 Å². The van der Waals surface area contributed by atoms with Crippen molar-refractivity contribution < 1.29 is 19.5 Å². The molecule has 19 heavy (non-hydrogen) atoms. The molecule has 0 aromatic heterocycles. The van der Waals surface area contributed by atoms with Gasteiger partial charge in [0, 0.05) is 21.1 Å². The number of aliphatic carboxylic acids is 1. The predicted octanol–water partition coefficient (Wildman–Crippen LogP) is 0.280. The van der Waals surface area contributed by atoms with E-state index in [0.717, 1.165) is 0 Å². The Labute approximate surface area is 113 Å². The Hall–Kier alpha value is -1.59. The maximum Gasteiger partial charge on any atom is 0.307 e. The molecule has 0 bridgehead atoms. The third-order valence-electron chi connectivity index (χ3n) is 3.68. The highest BCUT2D eigenvalue weighted by atomic mass is 16.4. The largest absolute Gasteiger partial charge is 0.481 e. The van der Waals surface area contributed by atoms with Crippen LogP contribution in [0.25, 0.3) is 0 Å². The van der Waals surface area contributed by atoms with Gasteiger partial charge in [-0.3, -0.25) is 14.4 Å². The Morgan fingerprint density at radius 1 is 1.11 bits per heavy atom. The van der Waals surface area contributed by atoms with E-state index >= 15 is 0 Å². The zero-order valence-corrected chi connectivity index (χ0v) is 11.9. The maximum atomic E-state index is 12.3. The van der Waals surface area contributed by atoms with Gasteiger partial charge in [0.1, 0.15) is 0 Å². The predicted molar refractivity (Wildman–Crippen MR) is 69.3 cm³/mol. The van der Waals surface area contributed by atoms with Crippen molar-refractivity contribution in [1.29, 1.82) is 0 Å². The van der Waals surface area contributed by atoms with Crippen molar-refractivity contribution in [2.24, 2.45) is 17.8 Å². The summed E-state index contributed by atoms with van der Waals surface area (Å²) in [4.78, 5) is 37.7. The molecule has 6 nitrogen and oxygen atoms in total. The van der Waals surface area contributed by atoms with Gasteiger partial charge < -0.3 is 14.9 Å². The number of rotatable bonds is 4. The molecule has 0 heterocycles. The van der Waals surface area contributed by atoms with Crippen molar-refractivity contribution in [3.8, 4) is 0 Å². The molecule has 0 aliphatic heterocycles. The van der Waals surface area contributed by atoms with E-state index in [0.29, 0.717) is 12.8 Å². The Bertz CT molecular complexity index is 381. The summed E-state index contributed by atoms with van der Waals surface area (Å²) in [5.74, 6) is -2.24. The van der Waals surface area contributed by atoms with Crippen molar-refractivity contribution in [2.45, 2.75) is 19.8 Å². The number of carboxylic acid groups (broad SMARTS) is 1. The lowest BCUT2D eigenvalue weighted by Crippen LogP contribution is -2.42. The summed E-state index contributed by atoms with van der Waals surface area (Å²) in [6.45, 7) is 1.94. The second-order valence-electron chi connectivity index (χ2n) is 5.61. The molecule has 1 N–H and O–H groups in total. The van der Waals surface area contributed by atoms with Crippen molar-refractivity contribution >= 4 is 17.8 Å². The van der Waals surface area contributed by atoms with Gasteiger partial charge in [0.15, 0.2) is 0 Å². The summed E-state index contributed by atoms with van der Waals surface area (Å²) in [7, 11) is 4.79. The molecule has 0 spiro atoms. The fourth-order valence-corrected chi connectivity index (χ4v) is 2.54. The second kappa shape index (κ2) is 6.04. The summed E-state index contributed by atoms with van der Waals surface area (Å²) in [5.41, 5.74) is 0. The lowest BCUT2D eigenvalue weighted by molar-refractivity contribution is -0.149. The zero-order valence-electron chi connectivity index (χ0n) is 11.9. The van der Waals surface area contributed by atoms with Gasteiger partial charge in [0.2, 0.25) is 11.8 Å². The van der Waals surface area contributed by atoms with Gasteiger partial charge in [-0.15, -0.1) is 0 Å². The van der Waals surface area contributed by atoms with Crippen LogP contribution in [0.5, 0.6) is 0 Å². The first-order valence-electron chi connectivity index (χ1n) is 6.42. The highest BCUT2D eigenvalue weighted by molar-refractivity contribution is 5.88. The van der Waals surface area contributed by atoms with Crippen LogP contribution in [0.2, 0.25) is 0 Å². The SMILES string of the molecule is CC1CC(C(=O)O)C(C(=O)N(C)CC(=O)N(C)C)C1. The number of amides is 2. The van der Waals surface area contributed by atoms with E-state index in [9.17, 15) is 14.4 Å². The molecule has 0 radical (unpaired) electrons. The first kappa shape index (κ1) is 15.5. The van der Waals surface area contributed by atoms with E-state index in [1.54, 1.807) is 21.1 Å². The van der Waals surface area contributed by atoms with Crippen LogP contribution in [0.3, 0.4) is 0 Å². The number of carbonyl (C=O) groups is 3. The van der Waals surface area contributed by atoms with Gasteiger partial charge in [0.25, 0.3) is 0 Å². The highest BCUT2D eigenvalue weighted by Gasteiger charge is 2.42. The monoisotopic (exact) mass is 270 g/mol. The standard InChI is InChI=1S/C13H22N2O4/c1-8-5-9(10(6-8)13(18)19)12(17)15(4)7-11(16)14(2)3/h8-10H,5-7H2,1-4H3,(H,18,19). The molecule has 1 fully saturated rings. The quantitative estimate of drug-likeness (QED) is 0.796. The Kier molecular flexibility index (Phi) is 4.91. The molecule has 3 unspecified atom stereocenters. The zero-order chi connectivity index (χ0) is 14.7. The minimum absolute atomic E-state index is 0.0109. The van der Waals surface area contributed by atoms with Crippen molar-refractivity contribution in [2.75, 3.05) is 27.7 Å². The van der Waals surface area contributed by atoms with Gasteiger partial charge in [0.05, 0.1) is 18.4 Å². The van der Waals surface area contributed by atoms with Crippen LogP contribution in [0.4, 0.5) is 0 Å². The van der Waals surface area contributed by atoms with E-state index in [2.05, 4.69) is 0 Å². The summed E-state index contributed by atoms with van der Waals surface area (Å²) in [6.07, 6.45) is 1.11. The van der Waals surface area contributed by atoms with E-state index in [1.165, 1.54) is 9.80 Å². The number of nitrogens with zero attached hydrogens (tertiary/aromatic N) is 2. The Morgan fingerprint density at radius 3 is 2.11 bits per heavy atom. The number of hydrogen-bond donors (Lipinski definition) is 1. The molecular formula is C13H22N2O4. The lowest BCUT2D eigenvalue weighted by atomic mass is 9.95. The molecule has 2 amide bonds. The topological polar surface area (TPSA) is 77.9 Å². The first-order chi connectivity index (χ1) is 8.73. The normalized spacial score (nSPS) is 26.0. The highest BCUT2D eigenvalue weighted by Crippen LogP contribution is 2.37. The van der Waals surface area contributed by atoms with Crippen molar-refractivity contribution in [1.82, 2.24) is 9.80 Å². The van der Waals surface area contributed by atoms with Gasteiger partial charge in [-0.1, -0.05) is 6.92 Å². The minimum Gasteiger partial charge on any atom is -0.481 e. The molecule has 0 aromatic rings. The fourth-order valence-electron chi connectivity index (χ4n) is 2.54. The Morgan fingerprint density at radius 2 is 1.63 bits per heavy atom. The average molecular weight is 270 g/mol. The fraction of sp³-hybridized carbons (Fsp3) is 0.769. The van der Waals surface area contributed by atoms with Gasteiger partial charge in [-0.05, 0) is 18.8 Å². The number of carbonyl (C=O) groups excluding carboxylic acids is 2. The van der Waals surface area contributed by atoms with Gasteiger partial charge in [-0.2, -0.15) is 0 Å². The lowest BCUT2D eigenvalue weighted by Gasteiger charge is -2.24. The molecule has 6 heteroatoms. The summed E-state index contributed by atoms with van der Waals surface area (Å²) in [6, 6.07) is 0. The minimum atomic E-state index is -0.921. The molecular weight excluding hydrogens is 248 g/mol. The first-order valence-corrected chi connectivity index (χ1v) is 6.42. The molecule has 1 saturated carbocycles. The van der Waals surface area contributed by atoms with Crippen LogP contribution in [-0.2, 0) is 14.4 Å². The smallest absolute Gasteiger partial charge is 0.307 e. The van der Waals surface area contributed by atoms with Crippen LogP contribution >= 0.6 is 0 Å². The molecule has 3 atom stereocenters. The van der Waals surface area contributed by atoms with Gasteiger partial charge >= 0.3 is 5.97 Å². The van der Waals surface area contributed by atoms with E-state index in [-0.39, 0.29) is 24.3 Å². The number of hydrogen-bond acceptors (Lipinski definition) is 3. The van der Waals surface area contributed by atoms with Crippen molar-refractivity contribution in [3.05, 3.63) is 0 Å². The number of carboxylic acids is 1. The van der Waals surface area contributed by atoms with Crippen LogP contribution in [0.15, 0.2) is 0 Å². The van der Waals surface area contributed by atoms with E-state index < -0.39 is 17.8 Å². The van der Waals surface area contributed by atoms with Crippen LogP contribution < -0.4 is 0 Å². The maximum absolute atomic E-state index is 12.3. The van der Waals surface area contributed by atoms with E-state index in [1.807, 2.05) is 6.92 Å². The van der Waals surface area contributed by atoms with Gasteiger partial charge in [-0.25, -0.2) is 0 Å². The average Bonchev–Trinajstić information content (AvgIpc) is 2.70. The molecule has 108 valence electrons. The third kappa shape index (κ3) is 3.68. The summed E-state index contributed by atoms with van der Waals surface area (Å²) in [5, 5.41) is 9.16.